The number of rotatable bonds is 4. The lowest BCUT2D eigenvalue weighted by molar-refractivity contribution is -0.139. The molecule has 1 aliphatic carbocycles. The summed E-state index contributed by atoms with van der Waals surface area (Å²) in [7, 11) is 1.68. The molecule has 2 atom stereocenters. The fraction of sp³-hybridized carbons (Fsp3) is 0.846. The molecule has 0 aromatic heterocycles. The van der Waals surface area contributed by atoms with E-state index in [9.17, 15) is 9.59 Å². The molecule has 0 aliphatic heterocycles. The zero-order chi connectivity index (χ0) is 13.7. The summed E-state index contributed by atoms with van der Waals surface area (Å²) >= 11 is 0. The third kappa shape index (κ3) is 4.64. The van der Waals surface area contributed by atoms with Crippen molar-refractivity contribution >= 4 is 11.8 Å². The molecule has 0 aromatic rings. The van der Waals surface area contributed by atoms with E-state index in [4.69, 9.17) is 5.73 Å². The van der Waals surface area contributed by atoms with Crippen LogP contribution in [0.15, 0.2) is 0 Å². The van der Waals surface area contributed by atoms with Gasteiger partial charge in [-0.25, -0.2) is 0 Å². The predicted octanol–water partition coefficient (Wildman–Crippen LogP) is 0.487. The number of carbonyl (C=O) groups is 2. The maximum Gasteiger partial charge on any atom is 0.239 e. The molecule has 0 spiro atoms. The largest absolute Gasteiger partial charge is 0.352 e. The molecular formula is C13H25N3O2. The van der Waals surface area contributed by atoms with Crippen molar-refractivity contribution in [1.82, 2.24) is 10.2 Å². The molecule has 1 rings (SSSR count). The summed E-state index contributed by atoms with van der Waals surface area (Å²) < 4.78 is 0. The lowest BCUT2D eigenvalue weighted by atomic mass is 9.85. The van der Waals surface area contributed by atoms with Gasteiger partial charge in [-0.15, -0.1) is 0 Å². The van der Waals surface area contributed by atoms with Gasteiger partial charge in [-0.1, -0.05) is 6.42 Å². The summed E-state index contributed by atoms with van der Waals surface area (Å²) in [5.74, 6) is -0.0735. The lowest BCUT2D eigenvalue weighted by Crippen LogP contribution is -2.44. The van der Waals surface area contributed by atoms with E-state index >= 15 is 0 Å². The highest BCUT2D eigenvalue weighted by Gasteiger charge is 2.28. The Morgan fingerprint density at radius 2 is 2.06 bits per heavy atom. The number of carbonyl (C=O) groups excluding carboxylic acids is 2. The molecule has 1 aliphatic rings. The molecule has 1 saturated carbocycles. The summed E-state index contributed by atoms with van der Waals surface area (Å²) in [5, 5.41) is 2.78. The van der Waals surface area contributed by atoms with Crippen LogP contribution in [0.2, 0.25) is 0 Å². The summed E-state index contributed by atoms with van der Waals surface area (Å²) in [4.78, 5) is 25.3. The van der Waals surface area contributed by atoms with Crippen LogP contribution in [0.1, 0.15) is 39.5 Å². The molecule has 5 nitrogen and oxygen atoms in total. The van der Waals surface area contributed by atoms with Crippen molar-refractivity contribution in [2.75, 3.05) is 13.6 Å². The molecule has 0 saturated heterocycles. The maximum absolute atomic E-state index is 12.2. The van der Waals surface area contributed by atoms with E-state index in [1.807, 2.05) is 13.8 Å². The van der Waals surface area contributed by atoms with Gasteiger partial charge in [0.1, 0.15) is 0 Å². The smallest absolute Gasteiger partial charge is 0.239 e. The minimum Gasteiger partial charge on any atom is -0.352 e. The number of nitrogens with two attached hydrogens (primary N) is 1. The molecule has 2 amide bonds. The summed E-state index contributed by atoms with van der Waals surface area (Å²) in [5.41, 5.74) is 5.88. The van der Waals surface area contributed by atoms with Crippen molar-refractivity contribution in [2.24, 2.45) is 11.7 Å². The topological polar surface area (TPSA) is 75.4 Å². The number of likely N-dealkylation sites (N-methyl/N-ethyl adjacent to an activating group) is 1. The van der Waals surface area contributed by atoms with Gasteiger partial charge in [0.05, 0.1) is 6.54 Å². The maximum atomic E-state index is 12.2. The second-order valence-electron chi connectivity index (χ2n) is 5.54. The highest BCUT2D eigenvalue weighted by molar-refractivity contribution is 5.85. The SMILES string of the molecule is CC(C)NC(=O)CN(C)C(=O)C1CCCC(N)C1. The van der Waals surface area contributed by atoms with Crippen LogP contribution in [-0.4, -0.2) is 42.4 Å². The molecule has 0 radical (unpaired) electrons. The molecule has 2 unspecified atom stereocenters. The first-order valence-electron chi connectivity index (χ1n) is 6.70. The second-order valence-corrected chi connectivity index (χ2v) is 5.54. The fourth-order valence-corrected chi connectivity index (χ4v) is 2.42. The van der Waals surface area contributed by atoms with E-state index in [1.165, 1.54) is 4.90 Å². The van der Waals surface area contributed by atoms with Gasteiger partial charge in [0.25, 0.3) is 0 Å². The number of amides is 2. The second kappa shape index (κ2) is 6.73. The van der Waals surface area contributed by atoms with E-state index in [1.54, 1.807) is 7.05 Å². The van der Waals surface area contributed by atoms with Crippen molar-refractivity contribution in [2.45, 2.75) is 51.6 Å². The molecular weight excluding hydrogens is 230 g/mol. The van der Waals surface area contributed by atoms with Gasteiger partial charge in [-0.05, 0) is 33.1 Å². The number of nitrogens with one attached hydrogen (secondary N) is 1. The molecule has 0 heterocycles. The van der Waals surface area contributed by atoms with Crippen LogP contribution >= 0.6 is 0 Å². The third-order valence-corrected chi connectivity index (χ3v) is 3.27. The minimum absolute atomic E-state index is 0.00870. The first kappa shape index (κ1) is 15.0. The molecule has 5 heteroatoms. The van der Waals surface area contributed by atoms with Crippen LogP contribution < -0.4 is 11.1 Å². The Labute approximate surface area is 109 Å². The van der Waals surface area contributed by atoms with Crippen LogP contribution in [0.25, 0.3) is 0 Å². The van der Waals surface area contributed by atoms with Crippen LogP contribution in [-0.2, 0) is 9.59 Å². The van der Waals surface area contributed by atoms with Crippen molar-refractivity contribution in [3.8, 4) is 0 Å². The van der Waals surface area contributed by atoms with Gasteiger partial charge in [-0.2, -0.15) is 0 Å². The average Bonchev–Trinajstić information content (AvgIpc) is 2.26. The van der Waals surface area contributed by atoms with E-state index in [-0.39, 0.29) is 36.4 Å². The summed E-state index contributed by atoms with van der Waals surface area (Å²) in [6, 6.07) is 0.231. The van der Waals surface area contributed by atoms with Crippen LogP contribution in [0.5, 0.6) is 0 Å². The first-order chi connectivity index (χ1) is 8.40. The molecule has 0 aromatic carbocycles. The number of hydrogen-bond donors (Lipinski definition) is 2. The highest BCUT2D eigenvalue weighted by Crippen LogP contribution is 2.24. The van der Waals surface area contributed by atoms with Gasteiger partial charge in [0.2, 0.25) is 11.8 Å². The fourth-order valence-electron chi connectivity index (χ4n) is 2.42. The Kier molecular flexibility index (Phi) is 5.59. The molecule has 18 heavy (non-hydrogen) atoms. The first-order valence-corrected chi connectivity index (χ1v) is 6.70. The Balaban J connectivity index is 2.43. The Morgan fingerprint density at radius 3 is 2.61 bits per heavy atom. The van der Waals surface area contributed by atoms with E-state index < -0.39 is 0 Å². The zero-order valence-electron chi connectivity index (χ0n) is 11.6. The van der Waals surface area contributed by atoms with Gasteiger partial charge in [0.15, 0.2) is 0 Å². The monoisotopic (exact) mass is 255 g/mol. The van der Waals surface area contributed by atoms with Crippen molar-refractivity contribution in [3.63, 3.8) is 0 Å². The van der Waals surface area contributed by atoms with E-state index in [0.29, 0.717) is 0 Å². The summed E-state index contributed by atoms with van der Waals surface area (Å²) in [6.07, 6.45) is 3.64. The predicted molar refractivity (Wildman–Crippen MR) is 70.8 cm³/mol. The minimum atomic E-state index is -0.110. The van der Waals surface area contributed by atoms with E-state index in [0.717, 1.165) is 25.7 Å². The number of hydrogen-bond acceptors (Lipinski definition) is 3. The molecule has 1 fully saturated rings. The van der Waals surface area contributed by atoms with Gasteiger partial charge < -0.3 is 16.0 Å². The lowest BCUT2D eigenvalue weighted by Gasteiger charge is -2.29. The van der Waals surface area contributed by atoms with Gasteiger partial charge in [0, 0.05) is 25.0 Å². The van der Waals surface area contributed by atoms with Crippen molar-refractivity contribution in [3.05, 3.63) is 0 Å². The van der Waals surface area contributed by atoms with Crippen molar-refractivity contribution in [1.29, 1.82) is 0 Å². The van der Waals surface area contributed by atoms with E-state index in [2.05, 4.69) is 5.32 Å². The Morgan fingerprint density at radius 1 is 1.39 bits per heavy atom. The zero-order valence-corrected chi connectivity index (χ0v) is 11.6. The Bertz CT molecular complexity index is 305. The summed E-state index contributed by atoms with van der Waals surface area (Å²) in [6.45, 7) is 3.93. The van der Waals surface area contributed by atoms with Gasteiger partial charge >= 0.3 is 0 Å². The third-order valence-electron chi connectivity index (χ3n) is 3.27. The van der Waals surface area contributed by atoms with Crippen LogP contribution in [0.4, 0.5) is 0 Å². The quantitative estimate of drug-likeness (QED) is 0.767. The average molecular weight is 255 g/mol. The number of nitrogens with zero attached hydrogens (tertiary/aromatic N) is 1. The molecule has 104 valence electrons. The normalized spacial score (nSPS) is 23.8. The van der Waals surface area contributed by atoms with Crippen LogP contribution in [0.3, 0.4) is 0 Å². The van der Waals surface area contributed by atoms with Gasteiger partial charge in [-0.3, -0.25) is 9.59 Å². The standard InChI is InChI=1S/C13H25N3O2/c1-9(2)15-12(17)8-16(3)13(18)10-5-4-6-11(14)7-10/h9-11H,4-8,14H2,1-3H3,(H,15,17). The highest BCUT2D eigenvalue weighted by atomic mass is 16.2. The Hall–Kier alpha value is -1.10. The van der Waals surface area contributed by atoms with Crippen molar-refractivity contribution < 1.29 is 9.59 Å². The molecule has 3 N–H and O–H groups in total. The van der Waals surface area contributed by atoms with Crippen LogP contribution in [0, 0.1) is 5.92 Å². The molecule has 0 bridgehead atoms.